The van der Waals surface area contributed by atoms with E-state index in [0.29, 0.717) is 17.8 Å². The van der Waals surface area contributed by atoms with E-state index in [1.54, 1.807) is 0 Å². The molecule has 0 bridgehead atoms. The van der Waals surface area contributed by atoms with Crippen molar-refractivity contribution >= 4 is 5.97 Å². The zero-order valence-corrected chi connectivity index (χ0v) is 15.3. The number of fused-ring (bicyclic) bond motifs is 1. The van der Waals surface area contributed by atoms with E-state index in [-0.39, 0.29) is 12.0 Å². The minimum absolute atomic E-state index is 0.185. The number of allylic oxidation sites excluding steroid dienone is 1. The molecule has 23 heavy (non-hydrogen) atoms. The summed E-state index contributed by atoms with van der Waals surface area (Å²) in [6.07, 6.45) is 9.28. The second-order valence-electron chi connectivity index (χ2n) is 8.54. The van der Waals surface area contributed by atoms with Crippen LogP contribution < -0.4 is 0 Å². The maximum absolute atomic E-state index is 11.9. The number of carbonyl (C=O) groups is 1. The summed E-state index contributed by atoms with van der Waals surface area (Å²) in [5.74, 6) is 0.878. The summed E-state index contributed by atoms with van der Waals surface area (Å²) >= 11 is 0. The molecule has 2 aliphatic carbocycles. The van der Waals surface area contributed by atoms with Crippen molar-refractivity contribution in [3.05, 3.63) is 11.6 Å². The van der Waals surface area contributed by atoms with Gasteiger partial charge in [0.15, 0.2) is 0 Å². The molecule has 1 saturated carbocycles. The monoisotopic (exact) mass is 322 g/mol. The number of carboxylic acid groups (broad SMARTS) is 1. The Kier molecular flexibility index (Phi) is 5.60. The fraction of sp³-hybridized carbons (Fsp3) is 0.850. The third-order valence-electron chi connectivity index (χ3n) is 7.07. The normalized spacial score (nSPS) is 38.6. The summed E-state index contributed by atoms with van der Waals surface area (Å²) in [6, 6.07) is 0. The average Bonchev–Trinajstić information content (AvgIpc) is 2.50. The van der Waals surface area contributed by atoms with Crippen LogP contribution in [0.5, 0.6) is 0 Å². The topological polar surface area (TPSA) is 57.5 Å². The number of rotatable bonds is 6. The Labute approximate surface area is 141 Å². The molecule has 2 rings (SSSR count). The summed E-state index contributed by atoms with van der Waals surface area (Å²) in [5, 5.41) is 18.9. The van der Waals surface area contributed by atoms with Crippen molar-refractivity contribution in [2.24, 2.45) is 28.6 Å². The van der Waals surface area contributed by atoms with Gasteiger partial charge < -0.3 is 10.2 Å². The molecule has 0 heterocycles. The largest absolute Gasteiger partial charge is 0.481 e. The Bertz CT molecular complexity index is 470. The molecular weight excluding hydrogens is 288 g/mol. The molecule has 5 atom stereocenters. The van der Waals surface area contributed by atoms with Crippen LogP contribution in [-0.4, -0.2) is 22.8 Å². The standard InChI is InChI=1S/C20H34O3/c1-14(10-13-21)9-12-19(3)15(2)7-8-17-16(19)6-5-11-20(17,4)18(22)23/h8,14-16,21H,5-7,9-13H2,1-4H3,(H,22,23)/t14-,15+,16-,19-,20-/m1/s1. The highest BCUT2D eigenvalue weighted by molar-refractivity contribution is 5.78. The van der Waals surface area contributed by atoms with Gasteiger partial charge in [0.2, 0.25) is 0 Å². The zero-order chi connectivity index (χ0) is 17.3. The van der Waals surface area contributed by atoms with Crippen molar-refractivity contribution in [3.8, 4) is 0 Å². The highest BCUT2D eigenvalue weighted by Gasteiger charge is 2.52. The van der Waals surface area contributed by atoms with Crippen molar-refractivity contribution in [3.63, 3.8) is 0 Å². The maximum atomic E-state index is 11.9. The molecule has 0 saturated heterocycles. The Hall–Kier alpha value is -0.830. The van der Waals surface area contributed by atoms with Crippen molar-refractivity contribution in [2.45, 2.75) is 72.6 Å². The third kappa shape index (κ3) is 3.35. The summed E-state index contributed by atoms with van der Waals surface area (Å²) in [7, 11) is 0. The van der Waals surface area contributed by atoms with Gasteiger partial charge in [-0.05, 0) is 62.2 Å². The average molecular weight is 322 g/mol. The molecule has 3 heteroatoms. The molecule has 0 unspecified atom stereocenters. The van der Waals surface area contributed by atoms with Crippen LogP contribution in [0, 0.1) is 28.6 Å². The molecule has 132 valence electrons. The second-order valence-corrected chi connectivity index (χ2v) is 8.54. The molecule has 3 nitrogen and oxygen atoms in total. The lowest BCUT2D eigenvalue weighted by Crippen LogP contribution is -2.47. The van der Waals surface area contributed by atoms with E-state index in [9.17, 15) is 9.90 Å². The lowest BCUT2D eigenvalue weighted by molar-refractivity contribution is -0.148. The Morgan fingerprint density at radius 1 is 1.39 bits per heavy atom. The molecule has 0 spiro atoms. The van der Waals surface area contributed by atoms with Gasteiger partial charge in [0.05, 0.1) is 5.41 Å². The molecule has 0 aromatic rings. The van der Waals surface area contributed by atoms with Crippen LogP contribution in [0.2, 0.25) is 0 Å². The molecule has 0 amide bonds. The van der Waals surface area contributed by atoms with E-state index in [1.807, 2.05) is 6.92 Å². The first-order valence-corrected chi connectivity index (χ1v) is 9.30. The number of aliphatic hydroxyl groups excluding tert-OH is 1. The molecule has 0 radical (unpaired) electrons. The minimum atomic E-state index is -0.666. The van der Waals surface area contributed by atoms with Crippen LogP contribution in [0.4, 0.5) is 0 Å². The van der Waals surface area contributed by atoms with Gasteiger partial charge in [0.25, 0.3) is 0 Å². The molecule has 1 fully saturated rings. The number of aliphatic carboxylic acids is 1. The van der Waals surface area contributed by atoms with Gasteiger partial charge >= 0.3 is 5.97 Å². The van der Waals surface area contributed by atoms with Crippen LogP contribution in [-0.2, 0) is 4.79 Å². The van der Waals surface area contributed by atoms with E-state index >= 15 is 0 Å². The van der Waals surface area contributed by atoms with E-state index in [2.05, 4.69) is 26.8 Å². The van der Waals surface area contributed by atoms with Gasteiger partial charge in [-0.1, -0.05) is 45.3 Å². The maximum Gasteiger partial charge on any atom is 0.313 e. The fourth-order valence-corrected chi connectivity index (χ4v) is 4.89. The quantitative estimate of drug-likeness (QED) is 0.700. The number of carboxylic acids is 1. The Morgan fingerprint density at radius 3 is 2.70 bits per heavy atom. The first kappa shape index (κ1) is 18.5. The minimum Gasteiger partial charge on any atom is -0.481 e. The first-order chi connectivity index (χ1) is 10.8. The molecule has 0 aliphatic heterocycles. The van der Waals surface area contributed by atoms with Crippen LogP contribution >= 0.6 is 0 Å². The third-order valence-corrected chi connectivity index (χ3v) is 7.07. The smallest absolute Gasteiger partial charge is 0.313 e. The van der Waals surface area contributed by atoms with Crippen LogP contribution in [0.3, 0.4) is 0 Å². The molecule has 2 N–H and O–H groups in total. The van der Waals surface area contributed by atoms with Crippen LogP contribution in [0.15, 0.2) is 11.6 Å². The van der Waals surface area contributed by atoms with Gasteiger partial charge in [-0.2, -0.15) is 0 Å². The van der Waals surface area contributed by atoms with Crippen molar-refractivity contribution in [1.82, 2.24) is 0 Å². The first-order valence-electron chi connectivity index (χ1n) is 9.30. The van der Waals surface area contributed by atoms with Crippen molar-refractivity contribution in [1.29, 1.82) is 0 Å². The molecule has 0 aromatic carbocycles. The number of hydrogen-bond acceptors (Lipinski definition) is 2. The van der Waals surface area contributed by atoms with Crippen molar-refractivity contribution < 1.29 is 15.0 Å². The summed E-state index contributed by atoms with van der Waals surface area (Å²) < 4.78 is 0. The predicted molar refractivity (Wildman–Crippen MR) is 93.2 cm³/mol. The fourth-order valence-electron chi connectivity index (χ4n) is 4.89. The molecule has 2 aliphatic rings. The zero-order valence-electron chi connectivity index (χ0n) is 15.3. The van der Waals surface area contributed by atoms with Gasteiger partial charge in [-0.25, -0.2) is 0 Å². The molecule has 0 aromatic heterocycles. The van der Waals surface area contributed by atoms with Crippen LogP contribution in [0.25, 0.3) is 0 Å². The highest BCUT2D eigenvalue weighted by atomic mass is 16.4. The van der Waals surface area contributed by atoms with E-state index in [0.717, 1.165) is 44.9 Å². The van der Waals surface area contributed by atoms with Crippen molar-refractivity contribution in [2.75, 3.05) is 6.61 Å². The van der Waals surface area contributed by atoms with Gasteiger partial charge in [-0.3, -0.25) is 4.79 Å². The Morgan fingerprint density at radius 2 is 2.09 bits per heavy atom. The lowest BCUT2D eigenvalue weighted by Gasteiger charge is -2.53. The van der Waals surface area contributed by atoms with Gasteiger partial charge in [0, 0.05) is 6.61 Å². The Balaban J connectivity index is 2.24. The van der Waals surface area contributed by atoms with Gasteiger partial charge in [0.1, 0.15) is 0 Å². The number of hydrogen-bond donors (Lipinski definition) is 2. The van der Waals surface area contributed by atoms with Crippen LogP contribution in [0.1, 0.15) is 72.6 Å². The lowest BCUT2D eigenvalue weighted by atomic mass is 9.51. The summed E-state index contributed by atoms with van der Waals surface area (Å²) in [5.41, 5.74) is 0.720. The highest BCUT2D eigenvalue weighted by Crippen LogP contribution is 2.58. The van der Waals surface area contributed by atoms with Gasteiger partial charge in [-0.15, -0.1) is 0 Å². The summed E-state index contributed by atoms with van der Waals surface area (Å²) in [6.45, 7) is 9.12. The van der Waals surface area contributed by atoms with E-state index < -0.39 is 11.4 Å². The second kappa shape index (κ2) is 6.96. The summed E-state index contributed by atoms with van der Waals surface area (Å²) in [4.78, 5) is 11.9. The predicted octanol–water partition coefficient (Wildman–Crippen LogP) is 4.65. The van der Waals surface area contributed by atoms with E-state index in [1.165, 1.54) is 5.57 Å². The molecular formula is C20H34O3. The van der Waals surface area contributed by atoms with E-state index in [4.69, 9.17) is 5.11 Å². The SMILES string of the molecule is C[C@@H](CCO)CC[C@@]1(C)[C@@H]2CCC[C@@](C)(C(=O)O)C2=CC[C@@H]1C. The number of aliphatic hydroxyl groups is 1.